The lowest BCUT2D eigenvalue weighted by Crippen LogP contribution is -2.01. The van der Waals surface area contributed by atoms with Crippen LogP contribution in [0.15, 0.2) is 6.07 Å². The molecular formula is C9H12ClN3. The zero-order chi connectivity index (χ0) is 9.26. The Balaban J connectivity index is 2.25. The summed E-state index contributed by atoms with van der Waals surface area (Å²) in [6.45, 7) is 0. The van der Waals surface area contributed by atoms with E-state index in [0.29, 0.717) is 16.8 Å². The standard InChI is InChI=1S/C9H12ClN3/c10-7-5-8(12-13-9(7)11)6-3-1-2-4-6/h5-6H,1-4H2,(H2,11,13). The number of nitrogens with two attached hydrogens (primary N) is 1. The minimum atomic E-state index is 0.323. The molecule has 0 bridgehead atoms. The molecule has 4 heteroatoms. The van der Waals surface area contributed by atoms with Crippen molar-refractivity contribution in [2.24, 2.45) is 0 Å². The summed E-state index contributed by atoms with van der Waals surface area (Å²) in [6, 6.07) is 1.85. The van der Waals surface area contributed by atoms with E-state index >= 15 is 0 Å². The Bertz CT molecular complexity index is 308. The lowest BCUT2D eigenvalue weighted by molar-refractivity contribution is 0.681. The van der Waals surface area contributed by atoms with Crippen molar-refractivity contribution in [2.75, 3.05) is 5.73 Å². The van der Waals surface area contributed by atoms with E-state index in [1.54, 1.807) is 0 Å². The Hall–Kier alpha value is -0.830. The van der Waals surface area contributed by atoms with Crippen molar-refractivity contribution in [1.82, 2.24) is 10.2 Å². The Kier molecular flexibility index (Phi) is 2.36. The second-order valence-electron chi connectivity index (χ2n) is 3.48. The zero-order valence-corrected chi connectivity index (χ0v) is 8.09. The van der Waals surface area contributed by atoms with Crippen LogP contribution >= 0.6 is 11.6 Å². The van der Waals surface area contributed by atoms with Gasteiger partial charge in [-0.05, 0) is 18.9 Å². The van der Waals surface area contributed by atoms with Gasteiger partial charge in [-0.1, -0.05) is 24.4 Å². The maximum atomic E-state index is 5.86. The first-order valence-electron chi connectivity index (χ1n) is 4.56. The topological polar surface area (TPSA) is 51.8 Å². The Morgan fingerprint density at radius 3 is 2.62 bits per heavy atom. The zero-order valence-electron chi connectivity index (χ0n) is 7.33. The van der Waals surface area contributed by atoms with Gasteiger partial charge in [0, 0.05) is 5.92 Å². The van der Waals surface area contributed by atoms with Crippen LogP contribution in [0.5, 0.6) is 0 Å². The lowest BCUT2D eigenvalue weighted by atomic mass is 10.0. The highest BCUT2D eigenvalue weighted by Crippen LogP contribution is 2.33. The molecule has 1 aliphatic rings. The minimum absolute atomic E-state index is 0.323. The fourth-order valence-electron chi connectivity index (χ4n) is 1.81. The summed E-state index contributed by atoms with van der Waals surface area (Å²) in [6.07, 6.45) is 4.98. The monoisotopic (exact) mass is 197 g/mol. The van der Waals surface area contributed by atoms with Crippen molar-refractivity contribution in [3.8, 4) is 0 Å². The molecule has 1 aliphatic carbocycles. The highest BCUT2D eigenvalue weighted by molar-refractivity contribution is 6.32. The van der Waals surface area contributed by atoms with Gasteiger partial charge in [-0.15, -0.1) is 5.10 Å². The predicted octanol–water partition coefficient (Wildman–Crippen LogP) is 2.37. The van der Waals surface area contributed by atoms with E-state index in [1.165, 1.54) is 25.7 Å². The van der Waals surface area contributed by atoms with Crippen LogP contribution in [0.1, 0.15) is 37.3 Å². The maximum Gasteiger partial charge on any atom is 0.164 e. The SMILES string of the molecule is Nc1nnc(C2CCCC2)cc1Cl. The van der Waals surface area contributed by atoms with Crippen LogP contribution in [0.3, 0.4) is 0 Å². The van der Waals surface area contributed by atoms with Crippen LogP contribution in [0.2, 0.25) is 5.02 Å². The van der Waals surface area contributed by atoms with Gasteiger partial charge in [0.2, 0.25) is 0 Å². The largest absolute Gasteiger partial charge is 0.381 e. The molecule has 0 atom stereocenters. The highest BCUT2D eigenvalue weighted by atomic mass is 35.5. The average molecular weight is 198 g/mol. The third kappa shape index (κ3) is 1.75. The summed E-state index contributed by atoms with van der Waals surface area (Å²) >= 11 is 5.86. The number of aromatic nitrogens is 2. The number of halogens is 1. The second-order valence-corrected chi connectivity index (χ2v) is 3.89. The molecule has 3 nitrogen and oxygen atoms in total. The summed E-state index contributed by atoms with van der Waals surface area (Å²) in [5, 5.41) is 8.41. The summed E-state index contributed by atoms with van der Waals surface area (Å²) in [7, 11) is 0. The summed E-state index contributed by atoms with van der Waals surface area (Å²) < 4.78 is 0. The highest BCUT2D eigenvalue weighted by Gasteiger charge is 2.19. The molecule has 0 radical (unpaired) electrons. The molecule has 1 fully saturated rings. The van der Waals surface area contributed by atoms with Gasteiger partial charge in [-0.25, -0.2) is 0 Å². The van der Waals surface area contributed by atoms with Gasteiger partial charge in [-0.3, -0.25) is 0 Å². The van der Waals surface area contributed by atoms with E-state index in [-0.39, 0.29) is 0 Å². The molecule has 1 aromatic rings. The van der Waals surface area contributed by atoms with Gasteiger partial charge in [0.1, 0.15) is 0 Å². The van der Waals surface area contributed by atoms with E-state index in [0.717, 1.165) is 5.69 Å². The molecule has 13 heavy (non-hydrogen) atoms. The number of hydrogen-bond acceptors (Lipinski definition) is 3. The van der Waals surface area contributed by atoms with Crippen molar-refractivity contribution in [3.05, 3.63) is 16.8 Å². The Morgan fingerprint density at radius 1 is 1.31 bits per heavy atom. The summed E-state index contributed by atoms with van der Waals surface area (Å²) in [5.74, 6) is 0.869. The first-order valence-corrected chi connectivity index (χ1v) is 4.94. The van der Waals surface area contributed by atoms with E-state index in [1.807, 2.05) is 6.07 Å². The van der Waals surface area contributed by atoms with Gasteiger partial charge in [-0.2, -0.15) is 5.10 Å². The molecule has 70 valence electrons. The summed E-state index contributed by atoms with van der Waals surface area (Å²) in [5.41, 5.74) is 6.48. The van der Waals surface area contributed by atoms with Crippen LogP contribution in [-0.2, 0) is 0 Å². The Morgan fingerprint density at radius 2 is 2.00 bits per heavy atom. The van der Waals surface area contributed by atoms with Gasteiger partial charge in [0.25, 0.3) is 0 Å². The van der Waals surface area contributed by atoms with Crippen molar-refractivity contribution in [3.63, 3.8) is 0 Å². The van der Waals surface area contributed by atoms with Crippen LogP contribution in [0, 0.1) is 0 Å². The molecule has 1 saturated carbocycles. The molecule has 1 heterocycles. The number of nitrogen functional groups attached to an aromatic ring is 1. The molecular weight excluding hydrogens is 186 g/mol. The molecule has 0 aromatic carbocycles. The number of hydrogen-bond donors (Lipinski definition) is 1. The first kappa shape index (κ1) is 8.75. The second kappa shape index (κ2) is 3.50. The van der Waals surface area contributed by atoms with Crippen molar-refractivity contribution in [1.29, 1.82) is 0 Å². The molecule has 0 spiro atoms. The van der Waals surface area contributed by atoms with Crippen LogP contribution in [0.25, 0.3) is 0 Å². The quantitative estimate of drug-likeness (QED) is 0.752. The van der Waals surface area contributed by atoms with Crippen LogP contribution in [-0.4, -0.2) is 10.2 Å². The lowest BCUT2D eigenvalue weighted by Gasteiger charge is -2.07. The molecule has 0 aliphatic heterocycles. The molecule has 0 saturated heterocycles. The molecule has 0 amide bonds. The van der Waals surface area contributed by atoms with Crippen molar-refractivity contribution < 1.29 is 0 Å². The third-order valence-electron chi connectivity index (χ3n) is 2.57. The van der Waals surface area contributed by atoms with E-state index in [2.05, 4.69) is 10.2 Å². The van der Waals surface area contributed by atoms with Gasteiger partial charge < -0.3 is 5.73 Å². The first-order chi connectivity index (χ1) is 6.27. The smallest absolute Gasteiger partial charge is 0.164 e. The number of rotatable bonds is 1. The van der Waals surface area contributed by atoms with Gasteiger partial charge >= 0.3 is 0 Å². The average Bonchev–Trinajstić information content (AvgIpc) is 2.62. The normalized spacial score (nSPS) is 17.9. The number of anilines is 1. The van der Waals surface area contributed by atoms with E-state index in [4.69, 9.17) is 17.3 Å². The fraction of sp³-hybridized carbons (Fsp3) is 0.556. The molecule has 2 N–H and O–H groups in total. The van der Waals surface area contributed by atoms with Crippen molar-refractivity contribution in [2.45, 2.75) is 31.6 Å². The van der Waals surface area contributed by atoms with E-state index < -0.39 is 0 Å². The van der Waals surface area contributed by atoms with Crippen LogP contribution < -0.4 is 5.73 Å². The maximum absolute atomic E-state index is 5.86. The van der Waals surface area contributed by atoms with Crippen molar-refractivity contribution >= 4 is 17.4 Å². The Labute approximate surface area is 82.3 Å². The third-order valence-corrected chi connectivity index (χ3v) is 2.87. The molecule has 1 aromatic heterocycles. The van der Waals surface area contributed by atoms with Crippen LogP contribution in [0.4, 0.5) is 5.82 Å². The molecule has 0 unspecified atom stereocenters. The predicted molar refractivity (Wildman–Crippen MR) is 52.7 cm³/mol. The van der Waals surface area contributed by atoms with E-state index in [9.17, 15) is 0 Å². The fourth-order valence-corrected chi connectivity index (χ4v) is 1.96. The number of nitrogens with zero attached hydrogens (tertiary/aromatic N) is 2. The van der Waals surface area contributed by atoms with Gasteiger partial charge in [0.05, 0.1) is 10.7 Å². The summed E-state index contributed by atoms with van der Waals surface area (Å²) in [4.78, 5) is 0. The molecule has 2 rings (SSSR count). The van der Waals surface area contributed by atoms with Gasteiger partial charge in [0.15, 0.2) is 5.82 Å². The minimum Gasteiger partial charge on any atom is -0.381 e.